The molecule has 0 saturated carbocycles. The van der Waals surface area contributed by atoms with Gasteiger partial charge in [-0.25, -0.2) is 0 Å². The highest BCUT2D eigenvalue weighted by atomic mass is 32.1. The molecule has 22 heavy (non-hydrogen) atoms. The van der Waals surface area contributed by atoms with Crippen molar-refractivity contribution in [3.8, 4) is 16.5 Å². The molecule has 0 aliphatic carbocycles. The average Bonchev–Trinajstić information content (AvgIpc) is 3.18. The van der Waals surface area contributed by atoms with E-state index in [-0.39, 0.29) is 5.91 Å². The number of nitrogens with zero attached hydrogens (tertiary/aromatic N) is 2. The third kappa shape index (κ3) is 3.15. The van der Waals surface area contributed by atoms with Crippen molar-refractivity contribution in [2.45, 2.75) is 6.92 Å². The zero-order valence-corrected chi connectivity index (χ0v) is 12.6. The SMILES string of the molecule is CCOc1cccc(C(=O)Nc2nnc(-c3ccco3)s2)c1. The second-order valence-corrected chi connectivity index (χ2v) is 5.28. The normalized spacial score (nSPS) is 10.4. The molecule has 0 unspecified atom stereocenters. The van der Waals surface area contributed by atoms with Gasteiger partial charge in [-0.05, 0) is 37.3 Å². The minimum absolute atomic E-state index is 0.260. The summed E-state index contributed by atoms with van der Waals surface area (Å²) in [6, 6.07) is 10.5. The van der Waals surface area contributed by atoms with Crippen molar-refractivity contribution >= 4 is 22.4 Å². The molecular weight excluding hydrogens is 302 g/mol. The van der Waals surface area contributed by atoms with E-state index in [2.05, 4.69) is 15.5 Å². The third-order valence-electron chi connectivity index (χ3n) is 2.78. The Kier molecular flexibility index (Phi) is 4.15. The smallest absolute Gasteiger partial charge is 0.257 e. The second-order valence-electron chi connectivity index (χ2n) is 4.30. The molecule has 6 nitrogen and oxygen atoms in total. The lowest BCUT2D eigenvalue weighted by molar-refractivity contribution is 0.102. The number of aromatic nitrogens is 2. The van der Waals surface area contributed by atoms with E-state index in [1.165, 1.54) is 11.3 Å². The van der Waals surface area contributed by atoms with Crippen LogP contribution >= 0.6 is 11.3 Å². The first-order valence-corrected chi connectivity index (χ1v) is 7.49. The third-order valence-corrected chi connectivity index (χ3v) is 3.64. The van der Waals surface area contributed by atoms with Gasteiger partial charge in [0.1, 0.15) is 5.75 Å². The number of hydrogen-bond acceptors (Lipinski definition) is 6. The van der Waals surface area contributed by atoms with Crippen LogP contribution in [0.5, 0.6) is 5.75 Å². The van der Waals surface area contributed by atoms with Gasteiger partial charge in [0.15, 0.2) is 10.8 Å². The van der Waals surface area contributed by atoms with Crippen molar-refractivity contribution in [1.29, 1.82) is 0 Å². The quantitative estimate of drug-likeness (QED) is 0.780. The standard InChI is InChI=1S/C15H13N3O3S/c1-2-20-11-6-3-5-10(9-11)13(19)16-15-18-17-14(22-15)12-7-4-8-21-12/h3-9H,2H2,1H3,(H,16,18,19). The van der Waals surface area contributed by atoms with E-state index in [9.17, 15) is 4.79 Å². The molecule has 0 aliphatic heterocycles. The van der Waals surface area contributed by atoms with Crippen molar-refractivity contribution in [3.05, 3.63) is 48.2 Å². The molecule has 1 N–H and O–H groups in total. The minimum atomic E-state index is -0.260. The summed E-state index contributed by atoms with van der Waals surface area (Å²) in [5.74, 6) is 1.02. The van der Waals surface area contributed by atoms with E-state index < -0.39 is 0 Å². The molecule has 7 heteroatoms. The lowest BCUT2D eigenvalue weighted by atomic mass is 10.2. The van der Waals surface area contributed by atoms with Crippen molar-refractivity contribution in [3.63, 3.8) is 0 Å². The van der Waals surface area contributed by atoms with Gasteiger partial charge in [0.25, 0.3) is 5.91 Å². The van der Waals surface area contributed by atoms with Gasteiger partial charge >= 0.3 is 0 Å². The van der Waals surface area contributed by atoms with E-state index >= 15 is 0 Å². The first kappa shape index (κ1) is 14.3. The number of carbonyl (C=O) groups is 1. The Labute approximate surface area is 130 Å². The van der Waals surface area contributed by atoms with E-state index in [0.29, 0.717) is 33.8 Å². The summed E-state index contributed by atoms with van der Waals surface area (Å²) >= 11 is 1.25. The van der Waals surface area contributed by atoms with Crippen LogP contribution in [0.4, 0.5) is 5.13 Å². The topological polar surface area (TPSA) is 77.2 Å². The van der Waals surface area contributed by atoms with Gasteiger partial charge < -0.3 is 9.15 Å². The summed E-state index contributed by atoms with van der Waals surface area (Å²) in [6.45, 7) is 2.44. The Morgan fingerprint density at radius 1 is 1.32 bits per heavy atom. The van der Waals surface area contributed by atoms with Gasteiger partial charge in [0.2, 0.25) is 5.13 Å². The van der Waals surface area contributed by atoms with Crippen molar-refractivity contribution in [2.24, 2.45) is 0 Å². The van der Waals surface area contributed by atoms with Crippen LogP contribution in [-0.2, 0) is 0 Å². The highest BCUT2D eigenvalue weighted by molar-refractivity contribution is 7.18. The lowest BCUT2D eigenvalue weighted by Crippen LogP contribution is -2.11. The maximum Gasteiger partial charge on any atom is 0.257 e. The molecule has 0 radical (unpaired) electrons. The predicted molar refractivity (Wildman–Crippen MR) is 83.2 cm³/mol. The Morgan fingerprint density at radius 2 is 2.23 bits per heavy atom. The highest BCUT2D eigenvalue weighted by Crippen LogP contribution is 2.26. The highest BCUT2D eigenvalue weighted by Gasteiger charge is 2.13. The molecule has 2 aromatic heterocycles. The number of ether oxygens (including phenoxy) is 1. The summed E-state index contributed by atoms with van der Waals surface area (Å²) in [5, 5.41) is 11.7. The van der Waals surface area contributed by atoms with Crippen LogP contribution in [-0.4, -0.2) is 22.7 Å². The molecule has 0 fully saturated rings. The van der Waals surface area contributed by atoms with Crippen LogP contribution < -0.4 is 10.1 Å². The average molecular weight is 315 g/mol. The molecule has 3 aromatic rings. The number of hydrogen-bond donors (Lipinski definition) is 1. The maximum atomic E-state index is 12.2. The van der Waals surface area contributed by atoms with E-state index in [4.69, 9.17) is 9.15 Å². The van der Waals surface area contributed by atoms with Crippen LogP contribution in [0.2, 0.25) is 0 Å². The molecule has 3 rings (SSSR count). The predicted octanol–water partition coefficient (Wildman–Crippen LogP) is 3.45. The Morgan fingerprint density at radius 3 is 3.00 bits per heavy atom. The van der Waals surface area contributed by atoms with E-state index in [1.54, 1.807) is 42.7 Å². The fourth-order valence-electron chi connectivity index (χ4n) is 1.84. The van der Waals surface area contributed by atoms with Crippen LogP contribution in [0.15, 0.2) is 47.1 Å². The zero-order chi connectivity index (χ0) is 15.4. The van der Waals surface area contributed by atoms with Crippen molar-refractivity contribution in [2.75, 3.05) is 11.9 Å². The zero-order valence-electron chi connectivity index (χ0n) is 11.8. The summed E-state index contributed by atoms with van der Waals surface area (Å²) in [7, 11) is 0. The van der Waals surface area contributed by atoms with Crippen molar-refractivity contribution in [1.82, 2.24) is 10.2 Å². The van der Waals surface area contributed by atoms with Crippen LogP contribution in [0.25, 0.3) is 10.8 Å². The Bertz CT molecular complexity index is 768. The molecule has 1 amide bonds. The number of carbonyl (C=O) groups excluding carboxylic acids is 1. The maximum absolute atomic E-state index is 12.2. The molecule has 1 aromatic carbocycles. The number of nitrogens with one attached hydrogen (secondary N) is 1. The largest absolute Gasteiger partial charge is 0.494 e. The van der Waals surface area contributed by atoms with Crippen LogP contribution in [0.3, 0.4) is 0 Å². The Hall–Kier alpha value is -2.67. The first-order valence-electron chi connectivity index (χ1n) is 6.68. The molecule has 0 saturated heterocycles. The number of amides is 1. The summed E-state index contributed by atoms with van der Waals surface area (Å²) in [5.41, 5.74) is 0.501. The van der Waals surface area contributed by atoms with Gasteiger partial charge in [0.05, 0.1) is 12.9 Å². The number of benzene rings is 1. The first-order chi connectivity index (χ1) is 10.8. The van der Waals surface area contributed by atoms with Crippen molar-refractivity contribution < 1.29 is 13.9 Å². The van der Waals surface area contributed by atoms with Crippen LogP contribution in [0.1, 0.15) is 17.3 Å². The number of rotatable bonds is 5. The number of furan rings is 1. The van der Waals surface area contributed by atoms with Gasteiger partial charge in [-0.2, -0.15) is 0 Å². The molecule has 0 aliphatic rings. The summed E-state index contributed by atoms with van der Waals surface area (Å²) in [4.78, 5) is 12.2. The molecule has 0 spiro atoms. The molecule has 0 bridgehead atoms. The molecule has 2 heterocycles. The second kappa shape index (κ2) is 6.40. The summed E-state index contributed by atoms with van der Waals surface area (Å²) < 4.78 is 10.6. The lowest BCUT2D eigenvalue weighted by Gasteiger charge is -2.05. The minimum Gasteiger partial charge on any atom is -0.494 e. The fourth-order valence-corrected chi connectivity index (χ4v) is 2.54. The van der Waals surface area contributed by atoms with Gasteiger partial charge in [-0.3, -0.25) is 10.1 Å². The van der Waals surface area contributed by atoms with Gasteiger partial charge in [0, 0.05) is 5.56 Å². The fraction of sp³-hybridized carbons (Fsp3) is 0.133. The summed E-state index contributed by atoms with van der Waals surface area (Å²) in [6.07, 6.45) is 1.56. The monoisotopic (exact) mass is 315 g/mol. The Balaban J connectivity index is 1.73. The number of anilines is 1. The van der Waals surface area contributed by atoms with Gasteiger partial charge in [-0.1, -0.05) is 17.4 Å². The van der Waals surface area contributed by atoms with E-state index in [1.807, 2.05) is 6.92 Å². The van der Waals surface area contributed by atoms with Gasteiger partial charge in [-0.15, -0.1) is 10.2 Å². The molecule has 0 atom stereocenters. The molecule has 112 valence electrons. The van der Waals surface area contributed by atoms with Crippen LogP contribution in [0, 0.1) is 0 Å². The molecular formula is C15H13N3O3S. The van der Waals surface area contributed by atoms with E-state index in [0.717, 1.165) is 0 Å².